The van der Waals surface area contributed by atoms with E-state index in [0.29, 0.717) is 6.42 Å². The normalized spacial score (nSPS) is 13.6. The monoisotopic (exact) mass is 292 g/mol. The van der Waals surface area contributed by atoms with E-state index in [1.165, 1.54) is 0 Å². The van der Waals surface area contributed by atoms with Crippen molar-refractivity contribution < 1.29 is 9.53 Å². The van der Waals surface area contributed by atoms with Gasteiger partial charge in [-0.1, -0.05) is 25.1 Å². The molecule has 2 atom stereocenters. The zero-order chi connectivity index (χ0) is 15.8. The standard InChI is InChI=1S/C17H28N2O2/c1-6-18-13(2)11-17(20)19(4)14(3)12-15-9-7-8-10-16(15)21-5/h7-10,13-14,18H,6,11-12H2,1-5H3. The number of methoxy groups -OCH3 is 1. The number of nitrogens with zero attached hydrogens (tertiary/aromatic N) is 1. The second-order valence-electron chi connectivity index (χ2n) is 5.53. The van der Waals surface area contributed by atoms with Crippen LogP contribution in [-0.4, -0.2) is 43.6 Å². The molecule has 1 aromatic carbocycles. The molecule has 0 fully saturated rings. The zero-order valence-corrected chi connectivity index (χ0v) is 13.8. The first-order valence-corrected chi connectivity index (χ1v) is 7.60. The predicted molar refractivity (Wildman–Crippen MR) is 86.7 cm³/mol. The predicted octanol–water partition coefficient (Wildman–Crippen LogP) is 2.47. The van der Waals surface area contributed by atoms with Gasteiger partial charge in [-0.2, -0.15) is 0 Å². The van der Waals surface area contributed by atoms with E-state index in [2.05, 4.69) is 25.2 Å². The van der Waals surface area contributed by atoms with Crippen molar-refractivity contribution in [2.75, 3.05) is 20.7 Å². The molecule has 0 aromatic heterocycles. The van der Waals surface area contributed by atoms with E-state index in [1.807, 2.05) is 37.1 Å². The number of rotatable bonds is 8. The molecule has 0 aliphatic heterocycles. The number of benzene rings is 1. The van der Waals surface area contributed by atoms with Crippen molar-refractivity contribution in [3.63, 3.8) is 0 Å². The Kier molecular flexibility index (Phi) is 7.23. The Hall–Kier alpha value is -1.55. The van der Waals surface area contributed by atoms with Crippen molar-refractivity contribution >= 4 is 5.91 Å². The van der Waals surface area contributed by atoms with Crippen LogP contribution in [0.5, 0.6) is 5.75 Å². The number of hydrogen-bond donors (Lipinski definition) is 1. The van der Waals surface area contributed by atoms with Crippen LogP contribution in [0.1, 0.15) is 32.8 Å². The summed E-state index contributed by atoms with van der Waals surface area (Å²) in [7, 11) is 3.55. The van der Waals surface area contributed by atoms with Gasteiger partial charge in [0.2, 0.25) is 5.91 Å². The molecule has 2 unspecified atom stereocenters. The lowest BCUT2D eigenvalue weighted by Crippen LogP contribution is -2.40. The molecule has 4 heteroatoms. The maximum absolute atomic E-state index is 12.3. The van der Waals surface area contributed by atoms with Crippen molar-refractivity contribution in [2.45, 2.75) is 45.7 Å². The second kappa shape index (κ2) is 8.67. The summed E-state index contributed by atoms with van der Waals surface area (Å²) in [4.78, 5) is 14.1. The fraction of sp³-hybridized carbons (Fsp3) is 0.588. The number of para-hydroxylation sites is 1. The molecule has 0 saturated heterocycles. The van der Waals surface area contributed by atoms with E-state index in [-0.39, 0.29) is 18.0 Å². The highest BCUT2D eigenvalue weighted by atomic mass is 16.5. The molecule has 1 amide bonds. The summed E-state index contributed by atoms with van der Waals surface area (Å²) in [5.41, 5.74) is 1.13. The van der Waals surface area contributed by atoms with Crippen LogP contribution in [0.3, 0.4) is 0 Å². The third kappa shape index (κ3) is 5.38. The van der Waals surface area contributed by atoms with Gasteiger partial charge in [0.05, 0.1) is 7.11 Å². The van der Waals surface area contributed by atoms with Gasteiger partial charge < -0.3 is 15.0 Å². The highest BCUT2D eigenvalue weighted by Gasteiger charge is 2.19. The number of nitrogens with one attached hydrogen (secondary N) is 1. The molecule has 0 spiro atoms. The number of hydrogen-bond acceptors (Lipinski definition) is 3. The summed E-state index contributed by atoms with van der Waals surface area (Å²) in [6, 6.07) is 8.32. The zero-order valence-electron chi connectivity index (χ0n) is 13.8. The highest BCUT2D eigenvalue weighted by Crippen LogP contribution is 2.20. The van der Waals surface area contributed by atoms with Crippen molar-refractivity contribution in [1.82, 2.24) is 10.2 Å². The SMILES string of the molecule is CCNC(C)CC(=O)N(C)C(C)Cc1ccccc1OC. The molecule has 0 bridgehead atoms. The molecule has 21 heavy (non-hydrogen) atoms. The number of amides is 1. The van der Waals surface area contributed by atoms with Crippen LogP contribution in [0.2, 0.25) is 0 Å². The third-order valence-electron chi connectivity index (χ3n) is 3.80. The first-order chi connectivity index (χ1) is 9.99. The van der Waals surface area contributed by atoms with Crippen molar-refractivity contribution in [3.05, 3.63) is 29.8 Å². The molecule has 118 valence electrons. The smallest absolute Gasteiger partial charge is 0.224 e. The minimum atomic E-state index is 0.141. The van der Waals surface area contributed by atoms with Gasteiger partial charge in [0.25, 0.3) is 0 Å². The van der Waals surface area contributed by atoms with Crippen molar-refractivity contribution in [2.24, 2.45) is 0 Å². The summed E-state index contributed by atoms with van der Waals surface area (Å²) < 4.78 is 5.37. The van der Waals surface area contributed by atoms with Crippen molar-refractivity contribution in [1.29, 1.82) is 0 Å². The van der Waals surface area contributed by atoms with Gasteiger partial charge in [0.1, 0.15) is 5.75 Å². The van der Waals surface area contributed by atoms with E-state index >= 15 is 0 Å². The largest absolute Gasteiger partial charge is 0.496 e. The molecule has 0 aliphatic carbocycles. The summed E-state index contributed by atoms with van der Waals surface area (Å²) in [5, 5.41) is 3.27. The number of ether oxygens (including phenoxy) is 1. The first-order valence-electron chi connectivity index (χ1n) is 7.60. The van der Waals surface area contributed by atoms with Gasteiger partial charge in [-0.05, 0) is 38.4 Å². The molecular weight excluding hydrogens is 264 g/mol. The van der Waals surface area contributed by atoms with Gasteiger partial charge in [0.15, 0.2) is 0 Å². The molecule has 1 rings (SSSR count). The summed E-state index contributed by atoms with van der Waals surface area (Å²) in [6.07, 6.45) is 1.32. The van der Waals surface area contributed by atoms with Crippen molar-refractivity contribution in [3.8, 4) is 5.75 Å². The first kappa shape index (κ1) is 17.5. The van der Waals surface area contributed by atoms with Crippen LogP contribution < -0.4 is 10.1 Å². The lowest BCUT2D eigenvalue weighted by Gasteiger charge is -2.27. The Labute approximate surface area is 128 Å². The Morgan fingerprint density at radius 1 is 1.33 bits per heavy atom. The van der Waals surface area contributed by atoms with E-state index in [0.717, 1.165) is 24.3 Å². The average Bonchev–Trinajstić information content (AvgIpc) is 2.47. The molecule has 4 nitrogen and oxygen atoms in total. The maximum Gasteiger partial charge on any atom is 0.224 e. The Morgan fingerprint density at radius 3 is 2.62 bits per heavy atom. The minimum Gasteiger partial charge on any atom is -0.496 e. The average molecular weight is 292 g/mol. The lowest BCUT2D eigenvalue weighted by molar-refractivity contribution is -0.132. The van der Waals surface area contributed by atoms with E-state index in [9.17, 15) is 4.79 Å². The van der Waals surface area contributed by atoms with Crippen LogP contribution in [0.25, 0.3) is 0 Å². The topological polar surface area (TPSA) is 41.6 Å². The summed E-state index contributed by atoms with van der Waals surface area (Å²) in [6.45, 7) is 7.05. The fourth-order valence-electron chi connectivity index (χ4n) is 2.40. The van der Waals surface area contributed by atoms with Gasteiger partial charge in [-0.3, -0.25) is 4.79 Å². The summed E-state index contributed by atoms with van der Waals surface area (Å²) >= 11 is 0. The van der Waals surface area contributed by atoms with E-state index < -0.39 is 0 Å². The molecule has 0 heterocycles. The van der Waals surface area contributed by atoms with Crippen LogP contribution in [0.15, 0.2) is 24.3 Å². The van der Waals surface area contributed by atoms with E-state index in [4.69, 9.17) is 4.74 Å². The minimum absolute atomic E-state index is 0.141. The van der Waals surface area contributed by atoms with Crippen LogP contribution in [-0.2, 0) is 11.2 Å². The molecule has 1 aromatic rings. The van der Waals surface area contributed by atoms with Gasteiger partial charge in [0, 0.05) is 25.6 Å². The third-order valence-corrected chi connectivity index (χ3v) is 3.80. The lowest BCUT2D eigenvalue weighted by atomic mass is 10.0. The Balaban J connectivity index is 2.61. The van der Waals surface area contributed by atoms with Gasteiger partial charge >= 0.3 is 0 Å². The van der Waals surface area contributed by atoms with Crippen LogP contribution in [0.4, 0.5) is 0 Å². The fourth-order valence-corrected chi connectivity index (χ4v) is 2.40. The number of carbonyl (C=O) groups is 1. The molecule has 0 saturated carbocycles. The Morgan fingerprint density at radius 2 is 2.00 bits per heavy atom. The number of carbonyl (C=O) groups excluding carboxylic acids is 1. The molecule has 1 N–H and O–H groups in total. The molecule has 0 radical (unpaired) electrons. The van der Waals surface area contributed by atoms with Gasteiger partial charge in [-0.25, -0.2) is 0 Å². The van der Waals surface area contributed by atoms with Crippen LogP contribution in [0, 0.1) is 0 Å². The quantitative estimate of drug-likeness (QED) is 0.800. The van der Waals surface area contributed by atoms with Gasteiger partial charge in [-0.15, -0.1) is 0 Å². The molecular formula is C17H28N2O2. The number of likely N-dealkylation sites (N-methyl/N-ethyl adjacent to an activating group) is 1. The highest BCUT2D eigenvalue weighted by molar-refractivity contribution is 5.76. The second-order valence-corrected chi connectivity index (χ2v) is 5.53. The van der Waals surface area contributed by atoms with Crippen LogP contribution >= 0.6 is 0 Å². The Bertz CT molecular complexity index is 448. The maximum atomic E-state index is 12.3. The molecule has 0 aliphatic rings. The van der Waals surface area contributed by atoms with E-state index in [1.54, 1.807) is 7.11 Å². The summed E-state index contributed by atoms with van der Waals surface area (Å²) in [5.74, 6) is 1.05.